The van der Waals surface area contributed by atoms with E-state index in [1.807, 2.05) is 87.4 Å². The number of rotatable bonds is 17. The summed E-state index contributed by atoms with van der Waals surface area (Å²) < 4.78 is 29.3. The summed E-state index contributed by atoms with van der Waals surface area (Å²) >= 11 is 53.6. The van der Waals surface area contributed by atoms with E-state index in [1.54, 1.807) is 134 Å². The van der Waals surface area contributed by atoms with Crippen LogP contribution in [0, 0.1) is 37.6 Å². The van der Waals surface area contributed by atoms with Crippen LogP contribution < -0.4 is 28.3 Å². The molecule has 120 heavy (non-hydrogen) atoms. The Morgan fingerprint density at radius 2 is 0.917 bits per heavy atom. The molecule has 0 aliphatic heterocycles. The summed E-state index contributed by atoms with van der Waals surface area (Å²) in [4.78, 5) is 77.9. The molecule has 2 amide bonds. The summed E-state index contributed by atoms with van der Waals surface area (Å²) in [6.45, 7) is 33.9. The van der Waals surface area contributed by atoms with Crippen LogP contribution in [0.3, 0.4) is 0 Å². The van der Waals surface area contributed by atoms with Gasteiger partial charge >= 0.3 is 11.2 Å². The molecule has 13 rings (SSSR count). The lowest BCUT2D eigenvalue weighted by molar-refractivity contribution is -0.115. The quantitative estimate of drug-likeness (QED) is 0.00471. The van der Waals surface area contributed by atoms with Crippen LogP contribution in [0.1, 0.15) is 42.9 Å². The van der Waals surface area contributed by atoms with Crippen LogP contribution in [0.25, 0.3) is 81.3 Å². The van der Waals surface area contributed by atoms with E-state index in [0.717, 1.165) is 33.6 Å². The second-order valence-electron chi connectivity index (χ2n) is 21.6. The minimum Gasteiger partial charge on any atom is -0.465 e. The number of ketones is 1. The summed E-state index contributed by atoms with van der Waals surface area (Å²) in [5, 5.41) is 32.2. The number of thioether (sulfide) groups is 1. The molecule has 32 nitrogen and oxygen atoms in total. The van der Waals surface area contributed by atoms with Crippen molar-refractivity contribution in [2.75, 3.05) is 25.4 Å². The number of alkyl halides is 3. The maximum absolute atomic E-state index is 11.5. The number of hydrazine groups is 2. The molecule has 0 spiro atoms. The van der Waals surface area contributed by atoms with E-state index >= 15 is 0 Å². The van der Waals surface area contributed by atoms with Gasteiger partial charge in [-0.3, -0.25) is 65.1 Å². The van der Waals surface area contributed by atoms with E-state index in [0.29, 0.717) is 106 Å². The first-order chi connectivity index (χ1) is 57.3. The molecule has 11 N–H and O–H groups in total. The number of nitrogens with zero attached hydrogens (tertiary/aromatic N) is 16. The fraction of sp³-hybridized carbons (Fsp3) is 0.0789. The highest BCUT2D eigenvalue weighted by Gasteiger charge is 2.21. The lowest BCUT2D eigenvalue weighted by atomic mass is 10.2. The van der Waals surface area contributed by atoms with Crippen molar-refractivity contribution in [3.63, 3.8) is 0 Å². The van der Waals surface area contributed by atoms with Gasteiger partial charge < -0.3 is 24.4 Å². The minimum atomic E-state index is -3.22. The predicted molar refractivity (Wildman–Crippen MR) is 466 cm³/mol. The number of nitrogen functional groups attached to an aromatic ring is 1. The van der Waals surface area contributed by atoms with Crippen LogP contribution in [0.15, 0.2) is 233 Å². The molecular formula is C76H60Cl9N22O10PS2. The van der Waals surface area contributed by atoms with Gasteiger partial charge in [0.25, 0.3) is 11.8 Å². The van der Waals surface area contributed by atoms with Gasteiger partial charge in [-0.25, -0.2) is 34.9 Å². The summed E-state index contributed by atoms with van der Waals surface area (Å²) in [5.41, 5.74) is 10.8. The first-order valence-electron chi connectivity index (χ1n) is 32.7. The van der Waals surface area contributed by atoms with Crippen LogP contribution in [-0.4, -0.2) is 120 Å². The Morgan fingerprint density at radius 1 is 0.533 bits per heavy atom. The summed E-state index contributed by atoms with van der Waals surface area (Å²) in [6, 6.07) is 55.2. The second-order valence-corrected chi connectivity index (χ2v) is 31.6. The molecule has 13 aromatic rings. The van der Waals surface area contributed by atoms with Gasteiger partial charge in [0.05, 0.1) is 91.0 Å². The van der Waals surface area contributed by atoms with Gasteiger partial charge in [-0.1, -0.05) is 181 Å². The number of pyridine rings is 2. The van der Waals surface area contributed by atoms with Gasteiger partial charge in [0.2, 0.25) is 28.8 Å². The van der Waals surface area contributed by atoms with Gasteiger partial charge in [0.15, 0.2) is 55.8 Å². The number of aromatic amines is 1. The number of nitrogens with two attached hydrogens (primary N) is 3. The van der Waals surface area contributed by atoms with Crippen molar-refractivity contribution in [3.8, 4) is 57.1 Å². The molecule has 0 saturated heterocycles. The third kappa shape index (κ3) is 33.7. The molecule has 0 unspecified atom stereocenters. The maximum Gasteiger partial charge on any atom is 0.339 e. The van der Waals surface area contributed by atoms with Crippen molar-refractivity contribution in [2.24, 2.45) is 17.5 Å². The highest BCUT2D eigenvalue weighted by Crippen LogP contribution is 2.61. The summed E-state index contributed by atoms with van der Waals surface area (Å²) in [7, 11) is 1.32. The van der Waals surface area contributed by atoms with E-state index in [2.05, 4.69) is 130 Å². The first-order valence-corrected chi connectivity index (χ1v) is 41.3. The lowest BCUT2D eigenvalue weighted by Gasteiger charge is -2.11. The number of benzene rings is 7. The number of nitrogens with one attached hydrogen (secondary N) is 3. The van der Waals surface area contributed by atoms with Crippen LogP contribution in [-0.2, 0) is 30.5 Å². The number of Topliss-reactive ketones (excluding diaryl/α,β-unsaturated/α-hetero) is 1. The fourth-order valence-corrected chi connectivity index (χ4v) is 10.3. The highest BCUT2D eigenvalue weighted by molar-refractivity contribution is 8.24. The maximum atomic E-state index is 11.5. The Hall–Kier alpha value is -12.2. The number of esters is 1. The molecule has 0 aliphatic rings. The molecule has 614 valence electrons. The van der Waals surface area contributed by atoms with Crippen LogP contribution in [0.5, 0.6) is 0 Å². The zero-order valence-corrected chi connectivity index (χ0v) is 70.9. The summed E-state index contributed by atoms with van der Waals surface area (Å²) in [5.74, 6) is 15.0. The van der Waals surface area contributed by atoms with Crippen molar-refractivity contribution in [3.05, 3.63) is 319 Å². The van der Waals surface area contributed by atoms with E-state index < -0.39 is 10.4 Å². The lowest BCUT2D eigenvalue weighted by Crippen LogP contribution is -2.29. The van der Waals surface area contributed by atoms with Crippen molar-refractivity contribution in [2.45, 2.75) is 16.8 Å². The van der Waals surface area contributed by atoms with Crippen LogP contribution in [0.2, 0.25) is 10.0 Å². The monoisotopic (exact) mass is 1850 g/mol. The molecule has 0 radical (unpaired) electrons. The Bertz CT molecular complexity index is 5730. The number of H-pyrrole nitrogens is 1. The SMILES string of the molecule is NN.O.O=C(Cl)CCl.O=P(Cl)(Cl)Cl.S=c1[nH]nc(-c2ccncc2)n1-c1ccccc1Cl.[C-]#[N+]c1ccc(-c2nnc(CCl)o2)cc1.[C-]#[N+]c1ccc(-c2nnc(CSc3nnc(-c4ccncc4)n3-c3ccccc3Cl)o2)cc1.[C-]#[N+]c1ccc(C(=O)NCC(=O)CCl)cc1.[C-]#[N+]c1ccc(C(=O)NN)cc1.[C-]#[N+]c1ccc(C(=O)OC)cc1. The molecule has 0 saturated carbocycles. The topological polar surface area (TPSA) is 435 Å². The van der Waals surface area contributed by atoms with E-state index in [1.165, 1.54) is 31.0 Å². The Morgan fingerprint density at radius 3 is 1.30 bits per heavy atom. The molecule has 44 heteroatoms. The normalized spacial score (nSPS) is 9.70. The Labute approximate surface area is 738 Å². The standard InChI is InChI=1S/C23H14ClN7OS.C13H9ClN4S.C11H9ClN2O2.C10H6ClN3O.C9H7NO2.C8H7N3O.C2H2Cl2O.Cl3OP.H4N2.H2O/c1-25-17-8-6-16(7-9-17)22-29-27-20(32-22)14-33-23-30-28-21(15-10-12-26-13-11-15)31(23)19-5-3-2-4-18(19)24;14-10-3-1-2-4-11(10)18-12(16-17-13(18)19)9-5-7-15-8-6-9;1-13-9-4-2-8(3-5-9)11(16)14-7-10(15)6-12;1-12-8-4-2-7(3-5-8)10-14-13-9(6-11)15-10;1-10-8-5-3-7(4-6-8)9(11)12-2;1-10-7-4-2-6(3-5-7)8(12)11-9;3-1-2(4)5;1-5(2,3)4;1-2;/h2-13H,14H2;1-8H,(H,17,19);2-5H,6-7H2,(H,14,16);2-5H,6H2;3-6H,2H3;2-5H,9H2,(H,11,12);1H2;;1-2H2;1H2. The number of hydrogen-bond acceptors (Lipinski definition) is 23. The largest absolute Gasteiger partial charge is 0.465 e. The van der Waals surface area contributed by atoms with Crippen LogP contribution >= 0.6 is 133 Å². The van der Waals surface area contributed by atoms with Crippen LogP contribution in [0.4, 0.5) is 28.4 Å². The molecule has 0 fully saturated rings. The van der Waals surface area contributed by atoms with E-state index in [4.69, 9.17) is 129 Å². The highest BCUT2D eigenvalue weighted by atomic mass is 36.0. The number of amides is 2. The Balaban J connectivity index is 0.000000305. The zero-order chi connectivity index (χ0) is 87.2. The van der Waals surface area contributed by atoms with Gasteiger partial charge in [0, 0.05) is 58.2 Å². The number of carbonyl (C=O) groups is 5. The Kier molecular flexibility index (Phi) is 45.1. The molecular weight excluding hydrogens is 1800 g/mol. The molecule has 6 aromatic heterocycles. The molecule has 6 heterocycles. The smallest absolute Gasteiger partial charge is 0.339 e. The van der Waals surface area contributed by atoms with Gasteiger partial charge in [-0.15, -0.1) is 65.4 Å². The van der Waals surface area contributed by atoms with Crippen molar-refractivity contribution in [1.82, 2.24) is 70.6 Å². The van der Waals surface area contributed by atoms with Gasteiger partial charge in [-0.05, 0) is 106 Å². The fourth-order valence-electron chi connectivity index (χ4n) is 8.66. The molecule has 0 bridgehead atoms. The number of para-hydroxylation sites is 2. The van der Waals surface area contributed by atoms with E-state index in [-0.39, 0.29) is 53.2 Å². The minimum absolute atomic E-state index is 0. The first kappa shape index (κ1) is 100. The average Bonchev–Trinajstić information content (AvgIpc) is 1.64. The predicted octanol–water partition coefficient (Wildman–Crippen LogP) is 19.0. The number of hydrogen-bond donors (Lipinski definition) is 6. The summed E-state index contributed by atoms with van der Waals surface area (Å²) in [6.07, 6.45) is 6.84. The number of methoxy groups -OCH3 is 1. The molecule has 7 aromatic carbocycles. The van der Waals surface area contributed by atoms with Crippen molar-refractivity contribution in [1.29, 1.82) is 0 Å². The van der Waals surface area contributed by atoms with Crippen molar-refractivity contribution < 1.29 is 47.6 Å². The third-order valence-corrected chi connectivity index (χ3v) is 16.9. The zero-order valence-electron chi connectivity index (χ0n) is 61.5. The van der Waals surface area contributed by atoms with Gasteiger partial charge in [0.1, 0.15) is 5.88 Å². The molecule has 0 atom stereocenters. The molecule has 0 aliphatic carbocycles. The average molecular weight is 1860 g/mol. The number of halogens is 9. The van der Waals surface area contributed by atoms with Gasteiger partial charge in [-0.2, -0.15) is 5.10 Å². The second kappa shape index (κ2) is 54.0. The third-order valence-electron chi connectivity index (χ3n) is 14.0. The van der Waals surface area contributed by atoms with E-state index in [9.17, 15) is 28.5 Å². The number of carbonyl (C=O) groups excluding carboxylic acids is 5. The number of aromatic nitrogens is 12. The number of ether oxygens (including phenoxy) is 1. The van der Waals surface area contributed by atoms with Crippen molar-refractivity contribution >= 4 is 190 Å².